The quantitative estimate of drug-likeness (QED) is 0.772. The van der Waals surface area contributed by atoms with Crippen LogP contribution < -0.4 is 0 Å². The number of amides is 1. The molecule has 2 fully saturated rings. The first-order valence-electron chi connectivity index (χ1n) is 10.1. The Morgan fingerprint density at radius 2 is 2.04 bits per heavy atom. The molecule has 4 heteroatoms. The monoisotopic (exact) mass is 357 g/mol. The standard InChI is InChI=1S/C22H31NO3/c1-21-10-9-18-16(17(21)6-7-19(21)25)5-4-14-12-15(24)8-11-22(14,18)13-20(26)23(2)3/h9,12,16-17,19,25H,4-8,10-11,13H2,1-3H3/t16-,17-,19-,21-,22+/m0/s1. The van der Waals surface area contributed by atoms with Crippen LogP contribution in [0.5, 0.6) is 0 Å². The van der Waals surface area contributed by atoms with Gasteiger partial charge in [0.15, 0.2) is 5.78 Å². The van der Waals surface area contributed by atoms with Gasteiger partial charge in [0.05, 0.1) is 6.10 Å². The van der Waals surface area contributed by atoms with Crippen molar-refractivity contribution in [1.29, 1.82) is 0 Å². The Hall–Kier alpha value is -1.42. The van der Waals surface area contributed by atoms with E-state index in [1.807, 2.05) is 20.2 Å². The van der Waals surface area contributed by atoms with Gasteiger partial charge in [-0.1, -0.05) is 24.1 Å². The number of fused-ring (bicyclic) bond motifs is 5. The second-order valence-corrected chi connectivity index (χ2v) is 9.40. The molecule has 0 aliphatic heterocycles. The average molecular weight is 357 g/mol. The van der Waals surface area contributed by atoms with Gasteiger partial charge in [-0.05, 0) is 56.4 Å². The summed E-state index contributed by atoms with van der Waals surface area (Å²) in [4.78, 5) is 26.5. The van der Waals surface area contributed by atoms with E-state index in [-0.39, 0.29) is 28.6 Å². The van der Waals surface area contributed by atoms with Crippen LogP contribution in [-0.2, 0) is 9.59 Å². The number of rotatable bonds is 2. The maximum absolute atomic E-state index is 12.7. The zero-order chi connectivity index (χ0) is 18.7. The molecule has 4 aliphatic rings. The van der Waals surface area contributed by atoms with E-state index >= 15 is 0 Å². The molecular formula is C22H31NO3. The van der Waals surface area contributed by atoms with Crippen molar-refractivity contribution >= 4 is 11.7 Å². The highest BCUT2D eigenvalue weighted by molar-refractivity contribution is 5.92. The molecule has 2 saturated carbocycles. The minimum atomic E-state index is -0.257. The normalized spacial score (nSPS) is 41.5. The van der Waals surface area contributed by atoms with Gasteiger partial charge in [-0.3, -0.25) is 9.59 Å². The van der Waals surface area contributed by atoms with Gasteiger partial charge in [0.2, 0.25) is 5.91 Å². The first-order chi connectivity index (χ1) is 12.3. The number of nitrogens with zero attached hydrogens (tertiary/aromatic N) is 1. The fourth-order valence-electron chi connectivity index (χ4n) is 6.37. The number of allylic oxidation sites excluding steroid dienone is 4. The molecule has 142 valence electrons. The maximum Gasteiger partial charge on any atom is 0.223 e. The Morgan fingerprint density at radius 1 is 1.27 bits per heavy atom. The van der Waals surface area contributed by atoms with Crippen molar-refractivity contribution in [2.24, 2.45) is 22.7 Å². The second-order valence-electron chi connectivity index (χ2n) is 9.40. The number of carbonyl (C=O) groups is 2. The van der Waals surface area contributed by atoms with Gasteiger partial charge in [0, 0.05) is 37.8 Å². The fraction of sp³-hybridized carbons (Fsp3) is 0.727. The van der Waals surface area contributed by atoms with E-state index < -0.39 is 0 Å². The molecule has 26 heavy (non-hydrogen) atoms. The van der Waals surface area contributed by atoms with Crippen LogP contribution in [0.25, 0.3) is 0 Å². The highest BCUT2D eigenvalue weighted by Crippen LogP contribution is 2.64. The molecule has 4 nitrogen and oxygen atoms in total. The van der Waals surface area contributed by atoms with Crippen molar-refractivity contribution in [3.63, 3.8) is 0 Å². The van der Waals surface area contributed by atoms with Gasteiger partial charge >= 0.3 is 0 Å². The van der Waals surface area contributed by atoms with Gasteiger partial charge in [0.25, 0.3) is 0 Å². The molecule has 0 aromatic carbocycles. The SMILES string of the molecule is CN(C)C(=O)C[C@]12CCC(=O)C=C1CC[C@@H]1C2=CC[C@]2(C)[C@@H](O)CC[C@@H]12. The molecule has 0 unspecified atom stereocenters. The molecule has 0 aromatic rings. The van der Waals surface area contributed by atoms with Crippen molar-refractivity contribution in [1.82, 2.24) is 4.90 Å². The Balaban J connectivity index is 1.78. The summed E-state index contributed by atoms with van der Waals surface area (Å²) in [5, 5.41) is 10.6. The first-order valence-corrected chi connectivity index (χ1v) is 10.1. The molecular weight excluding hydrogens is 326 g/mol. The molecule has 0 bridgehead atoms. The first kappa shape index (κ1) is 18.0. The van der Waals surface area contributed by atoms with E-state index in [2.05, 4.69) is 13.0 Å². The fourth-order valence-corrected chi connectivity index (χ4v) is 6.37. The summed E-state index contributed by atoms with van der Waals surface area (Å²) in [6.45, 7) is 2.25. The third-order valence-electron chi connectivity index (χ3n) is 7.98. The van der Waals surface area contributed by atoms with Crippen LogP contribution in [-0.4, -0.2) is 41.9 Å². The van der Waals surface area contributed by atoms with Crippen LogP contribution in [0.2, 0.25) is 0 Å². The highest BCUT2D eigenvalue weighted by Gasteiger charge is 2.57. The predicted octanol–water partition coefficient (Wildman–Crippen LogP) is 3.26. The predicted molar refractivity (Wildman–Crippen MR) is 100 cm³/mol. The molecule has 0 saturated heterocycles. The lowest BCUT2D eigenvalue weighted by Crippen LogP contribution is -2.47. The summed E-state index contributed by atoms with van der Waals surface area (Å²) in [6, 6.07) is 0. The van der Waals surface area contributed by atoms with Gasteiger partial charge in [0.1, 0.15) is 0 Å². The van der Waals surface area contributed by atoms with Crippen molar-refractivity contribution in [2.45, 2.75) is 64.4 Å². The largest absolute Gasteiger partial charge is 0.393 e. The molecule has 0 aromatic heterocycles. The highest BCUT2D eigenvalue weighted by atomic mass is 16.3. The Kier molecular flexibility index (Phi) is 4.18. The third kappa shape index (κ3) is 2.45. The van der Waals surface area contributed by atoms with Crippen molar-refractivity contribution in [3.8, 4) is 0 Å². The van der Waals surface area contributed by atoms with E-state index in [0.717, 1.165) is 38.5 Å². The zero-order valence-corrected chi connectivity index (χ0v) is 16.3. The summed E-state index contributed by atoms with van der Waals surface area (Å²) in [5.74, 6) is 1.31. The molecule has 0 radical (unpaired) electrons. The van der Waals surface area contributed by atoms with Gasteiger partial charge in [-0.2, -0.15) is 0 Å². The molecule has 4 rings (SSSR count). The number of hydrogen-bond donors (Lipinski definition) is 1. The summed E-state index contributed by atoms with van der Waals surface area (Å²) in [5.41, 5.74) is 2.32. The summed E-state index contributed by atoms with van der Waals surface area (Å²) < 4.78 is 0. The number of aliphatic hydroxyl groups is 1. The lowest BCUT2D eigenvalue weighted by atomic mass is 9.50. The Bertz CT molecular complexity index is 706. The van der Waals surface area contributed by atoms with E-state index in [1.54, 1.807) is 4.90 Å². The van der Waals surface area contributed by atoms with E-state index in [1.165, 1.54) is 11.1 Å². The lowest BCUT2D eigenvalue weighted by molar-refractivity contribution is -0.131. The summed E-state index contributed by atoms with van der Waals surface area (Å²) in [7, 11) is 3.63. The molecule has 1 N–H and O–H groups in total. The minimum absolute atomic E-state index is 0.0212. The number of hydrogen-bond acceptors (Lipinski definition) is 3. The van der Waals surface area contributed by atoms with Crippen LogP contribution in [0.1, 0.15) is 58.3 Å². The molecule has 5 atom stereocenters. The molecule has 4 aliphatic carbocycles. The summed E-state index contributed by atoms with van der Waals surface area (Å²) in [6.07, 6.45) is 10.6. The smallest absolute Gasteiger partial charge is 0.223 e. The van der Waals surface area contributed by atoms with Crippen LogP contribution in [0.15, 0.2) is 23.3 Å². The number of ketones is 1. The van der Waals surface area contributed by atoms with Gasteiger partial charge in [-0.15, -0.1) is 0 Å². The third-order valence-corrected chi connectivity index (χ3v) is 7.98. The van der Waals surface area contributed by atoms with E-state index in [9.17, 15) is 14.7 Å². The average Bonchev–Trinajstić information content (AvgIpc) is 2.90. The summed E-state index contributed by atoms with van der Waals surface area (Å²) >= 11 is 0. The second kappa shape index (κ2) is 6.05. The Morgan fingerprint density at radius 3 is 2.77 bits per heavy atom. The minimum Gasteiger partial charge on any atom is -0.393 e. The van der Waals surface area contributed by atoms with Crippen LogP contribution in [0.4, 0.5) is 0 Å². The van der Waals surface area contributed by atoms with Crippen molar-refractivity contribution < 1.29 is 14.7 Å². The van der Waals surface area contributed by atoms with Crippen LogP contribution >= 0.6 is 0 Å². The van der Waals surface area contributed by atoms with Gasteiger partial charge in [-0.25, -0.2) is 0 Å². The molecule has 0 heterocycles. The van der Waals surface area contributed by atoms with Crippen molar-refractivity contribution in [3.05, 3.63) is 23.3 Å². The zero-order valence-electron chi connectivity index (χ0n) is 16.3. The molecule has 1 amide bonds. The van der Waals surface area contributed by atoms with Crippen molar-refractivity contribution in [2.75, 3.05) is 14.1 Å². The van der Waals surface area contributed by atoms with E-state index in [4.69, 9.17) is 0 Å². The van der Waals surface area contributed by atoms with Crippen LogP contribution in [0, 0.1) is 22.7 Å². The molecule has 0 spiro atoms. The van der Waals surface area contributed by atoms with Gasteiger partial charge < -0.3 is 10.0 Å². The maximum atomic E-state index is 12.7. The number of carbonyl (C=O) groups excluding carboxylic acids is 2. The lowest BCUT2D eigenvalue weighted by Gasteiger charge is -2.54. The number of aliphatic hydroxyl groups excluding tert-OH is 1. The van der Waals surface area contributed by atoms with Crippen LogP contribution in [0.3, 0.4) is 0 Å². The Labute approximate surface area is 156 Å². The topological polar surface area (TPSA) is 57.6 Å². The van der Waals surface area contributed by atoms with E-state index in [0.29, 0.717) is 24.7 Å².